The van der Waals surface area contributed by atoms with Crippen molar-refractivity contribution >= 4 is 0 Å². The summed E-state index contributed by atoms with van der Waals surface area (Å²) in [6.45, 7) is 12.8. The molecule has 1 rings (SSSR count). The average molecular weight is 290 g/mol. The molecule has 0 aliphatic carbocycles. The maximum atomic E-state index is 3.91. The van der Waals surface area contributed by atoms with E-state index in [0.717, 1.165) is 12.5 Å². The minimum atomic E-state index is 0.257. The molecular weight excluding hydrogens is 254 g/mol. The van der Waals surface area contributed by atoms with Crippen LogP contribution in [0.4, 0.5) is 0 Å². The lowest BCUT2D eigenvalue weighted by Gasteiger charge is -2.45. The van der Waals surface area contributed by atoms with Gasteiger partial charge in [-0.2, -0.15) is 0 Å². The summed E-state index contributed by atoms with van der Waals surface area (Å²) in [5.41, 5.74) is 1.77. The van der Waals surface area contributed by atoms with E-state index in [1.807, 2.05) is 0 Å². The molecule has 0 bridgehead atoms. The average Bonchev–Trinajstić information content (AvgIpc) is 2.55. The van der Waals surface area contributed by atoms with Gasteiger partial charge in [-0.1, -0.05) is 77.8 Å². The highest BCUT2D eigenvalue weighted by atomic mass is 14.9. The molecular formula is C20H35N. The van der Waals surface area contributed by atoms with Crippen LogP contribution >= 0.6 is 0 Å². The minimum absolute atomic E-state index is 0.257. The Morgan fingerprint density at radius 2 is 1.48 bits per heavy atom. The second kappa shape index (κ2) is 9.25. The highest BCUT2D eigenvalue weighted by Crippen LogP contribution is 2.39. The fourth-order valence-electron chi connectivity index (χ4n) is 3.92. The number of rotatable bonds is 10. The van der Waals surface area contributed by atoms with Gasteiger partial charge in [0.15, 0.2) is 0 Å². The van der Waals surface area contributed by atoms with Crippen LogP contribution < -0.4 is 5.32 Å². The summed E-state index contributed by atoms with van der Waals surface area (Å²) in [6, 6.07) is 11.8. The van der Waals surface area contributed by atoms with Crippen LogP contribution in [-0.4, -0.2) is 12.6 Å². The zero-order valence-corrected chi connectivity index (χ0v) is 14.8. The first-order valence-electron chi connectivity index (χ1n) is 8.98. The number of hydrogen-bond acceptors (Lipinski definition) is 1. The van der Waals surface area contributed by atoms with Gasteiger partial charge in [-0.15, -0.1) is 0 Å². The van der Waals surface area contributed by atoms with Gasteiger partial charge in [0, 0.05) is 11.5 Å². The van der Waals surface area contributed by atoms with E-state index >= 15 is 0 Å². The van der Waals surface area contributed by atoms with E-state index in [-0.39, 0.29) is 5.41 Å². The lowest BCUT2D eigenvalue weighted by atomic mass is 9.65. The molecule has 0 aliphatic heterocycles. The molecule has 1 heteroatoms. The summed E-state index contributed by atoms with van der Waals surface area (Å²) in [7, 11) is 0. The first-order chi connectivity index (χ1) is 10.2. The van der Waals surface area contributed by atoms with Crippen LogP contribution in [0, 0.1) is 5.92 Å². The molecule has 1 aromatic rings. The van der Waals surface area contributed by atoms with E-state index in [1.165, 1.54) is 37.7 Å². The smallest absolute Gasteiger partial charge is 0.0192 e. The largest absolute Gasteiger partial charge is 0.313 e. The van der Waals surface area contributed by atoms with Crippen molar-refractivity contribution in [1.82, 2.24) is 5.32 Å². The maximum absolute atomic E-state index is 3.91. The van der Waals surface area contributed by atoms with Crippen LogP contribution in [0.5, 0.6) is 0 Å². The van der Waals surface area contributed by atoms with Gasteiger partial charge in [0.1, 0.15) is 0 Å². The summed E-state index contributed by atoms with van der Waals surface area (Å²) < 4.78 is 0. The Balaban J connectivity index is 3.23. The number of nitrogens with one attached hydrogen (secondary N) is 1. The van der Waals surface area contributed by atoms with Gasteiger partial charge in [0.2, 0.25) is 0 Å². The molecule has 0 spiro atoms. The van der Waals surface area contributed by atoms with Crippen molar-refractivity contribution in [3.8, 4) is 0 Å². The third-order valence-electron chi connectivity index (χ3n) is 5.34. The summed E-state index contributed by atoms with van der Waals surface area (Å²) in [6.07, 6.45) is 6.12. The summed E-state index contributed by atoms with van der Waals surface area (Å²) in [5.74, 6) is 0.747. The van der Waals surface area contributed by atoms with Crippen molar-refractivity contribution in [2.75, 3.05) is 6.54 Å². The fourth-order valence-corrected chi connectivity index (χ4v) is 3.92. The van der Waals surface area contributed by atoms with Gasteiger partial charge in [0.05, 0.1) is 0 Å². The Labute approximate surface area is 132 Å². The summed E-state index contributed by atoms with van der Waals surface area (Å²) in [4.78, 5) is 0. The van der Waals surface area contributed by atoms with Gasteiger partial charge in [-0.3, -0.25) is 0 Å². The second-order valence-electron chi connectivity index (χ2n) is 6.24. The van der Waals surface area contributed by atoms with Crippen molar-refractivity contribution in [3.63, 3.8) is 0 Å². The highest BCUT2D eigenvalue weighted by Gasteiger charge is 2.40. The molecule has 0 aromatic heterocycles. The van der Waals surface area contributed by atoms with E-state index in [0.29, 0.717) is 6.04 Å². The summed E-state index contributed by atoms with van der Waals surface area (Å²) in [5, 5.41) is 3.91. The van der Waals surface area contributed by atoms with Crippen molar-refractivity contribution in [1.29, 1.82) is 0 Å². The van der Waals surface area contributed by atoms with E-state index in [9.17, 15) is 0 Å². The molecule has 0 saturated carbocycles. The normalized spacial score (nSPS) is 13.6. The SMILES string of the molecule is CCCNC(C(CC)CC)C(CC)(CC)c1ccccc1. The fraction of sp³-hybridized carbons (Fsp3) is 0.700. The molecule has 1 nitrogen and oxygen atoms in total. The van der Waals surface area contributed by atoms with Gasteiger partial charge < -0.3 is 5.32 Å². The second-order valence-corrected chi connectivity index (χ2v) is 6.24. The molecule has 1 atom stereocenters. The molecule has 21 heavy (non-hydrogen) atoms. The molecule has 0 fully saturated rings. The van der Waals surface area contributed by atoms with Crippen molar-refractivity contribution < 1.29 is 0 Å². The lowest BCUT2D eigenvalue weighted by Crippen LogP contribution is -2.52. The van der Waals surface area contributed by atoms with E-state index < -0.39 is 0 Å². The Morgan fingerprint density at radius 3 is 1.90 bits per heavy atom. The van der Waals surface area contributed by atoms with Crippen molar-refractivity contribution in [3.05, 3.63) is 35.9 Å². The van der Waals surface area contributed by atoms with Crippen LogP contribution in [0.15, 0.2) is 30.3 Å². The van der Waals surface area contributed by atoms with Gasteiger partial charge in [0.25, 0.3) is 0 Å². The molecule has 0 radical (unpaired) electrons. The predicted octanol–water partition coefficient (Wildman–Crippen LogP) is 5.55. The van der Waals surface area contributed by atoms with Crippen LogP contribution in [0.25, 0.3) is 0 Å². The topological polar surface area (TPSA) is 12.0 Å². The first-order valence-corrected chi connectivity index (χ1v) is 8.98. The van der Waals surface area contributed by atoms with Crippen LogP contribution in [0.3, 0.4) is 0 Å². The Kier molecular flexibility index (Phi) is 8.03. The standard InChI is InChI=1S/C20H35N/c1-6-16-21-19(17(7-2)8-3)20(9-4,10-5)18-14-12-11-13-15-18/h11-15,17,19,21H,6-10,16H2,1-5H3. The van der Waals surface area contributed by atoms with Gasteiger partial charge in [-0.25, -0.2) is 0 Å². The Hall–Kier alpha value is -0.820. The van der Waals surface area contributed by atoms with Crippen molar-refractivity contribution in [2.24, 2.45) is 5.92 Å². The van der Waals surface area contributed by atoms with E-state index in [4.69, 9.17) is 0 Å². The predicted molar refractivity (Wildman–Crippen MR) is 94.9 cm³/mol. The monoisotopic (exact) mass is 289 g/mol. The van der Waals surface area contributed by atoms with E-state index in [1.54, 1.807) is 0 Å². The van der Waals surface area contributed by atoms with Gasteiger partial charge >= 0.3 is 0 Å². The molecule has 0 aliphatic rings. The van der Waals surface area contributed by atoms with Crippen molar-refractivity contribution in [2.45, 2.75) is 78.2 Å². The molecule has 120 valence electrons. The zero-order valence-electron chi connectivity index (χ0n) is 14.8. The van der Waals surface area contributed by atoms with Crippen LogP contribution in [0.1, 0.15) is 72.3 Å². The number of hydrogen-bond donors (Lipinski definition) is 1. The van der Waals surface area contributed by atoms with E-state index in [2.05, 4.69) is 70.3 Å². The molecule has 1 N–H and O–H groups in total. The summed E-state index contributed by atoms with van der Waals surface area (Å²) >= 11 is 0. The molecule has 1 unspecified atom stereocenters. The van der Waals surface area contributed by atoms with Crippen LogP contribution in [0.2, 0.25) is 0 Å². The van der Waals surface area contributed by atoms with Crippen LogP contribution in [-0.2, 0) is 5.41 Å². The Morgan fingerprint density at radius 1 is 0.905 bits per heavy atom. The quantitative estimate of drug-likeness (QED) is 0.595. The van der Waals surface area contributed by atoms with Gasteiger partial charge in [-0.05, 0) is 37.3 Å². The third-order valence-corrected chi connectivity index (χ3v) is 5.34. The third kappa shape index (κ3) is 4.10. The molecule has 1 aromatic carbocycles. The zero-order chi connectivity index (χ0) is 15.7. The Bertz CT molecular complexity index is 363. The molecule has 0 heterocycles. The maximum Gasteiger partial charge on any atom is 0.0192 e. The highest BCUT2D eigenvalue weighted by molar-refractivity contribution is 5.28. The number of benzene rings is 1. The molecule has 0 saturated heterocycles. The first kappa shape index (κ1) is 18.2. The minimum Gasteiger partial charge on any atom is -0.313 e. The molecule has 0 amide bonds. The lowest BCUT2D eigenvalue weighted by molar-refractivity contribution is 0.190.